The van der Waals surface area contributed by atoms with E-state index in [2.05, 4.69) is 0 Å². The largest absolute Gasteiger partial charge is 0.393 e. The van der Waals surface area contributed by atoms with Gasteiger partial charge < -0.3 is 28.8 Å². The van der Waals surface area contributed by atoms with Gasteiger partial charge in [-0.25, -0.2) is 0 Å². The summed E-state index contributed by atoms with van der Waals surface area (Å²) in [6.07, 6.45) is -1.27. The summed E-state index contributed by atoms with van der Waals surface area (Å²) < 4.78 is 28.9. The molecule has 4 atom stereocenters. The van der Waals surface area contributed by atoms with Crippen LogP contribution in [0.1, 0.15) is 27.7 Å². The Morgan fingerprint density at radius 3 is 2.44 bits per heavy atom. The summed E-state index contributed by atoms with van der Waals surface area (Å²) in [7, 11) is 0. The van der Waals surface area contributed by atoms with Gasteiger partial charge in [0.25, 0.3) is 0 Å². The summed E-state index contributed by atoms with van der Waals surface area (Å²) in [5.74, 6) is -1.51. The highest BCUT2D eigenvalue weighted by Crippen LogP contribution is 2.48. The van der Waals surface area contributed by atoms with Crippen LogP contribution in [0, 0.1) is 0 Å². The second-order valence-corrected chi connectivity index (χ2v) is 5.99. The lowest BCUT2D eigenvalue weighted by atomic mass is 9.90. The molecule has 0 aromatic carbocycles. The summed E-state index contributed by atoms with van der Waals surface area (Å²) in [5, 5.41) is 9.78. The summed E-state index contributed by atoms with van der Waals surface area (Å²) in [6.45, 7) is 7.41. The van der Waals surface area contributed by atoms with Gasteiger partial charge in [0.2, 0.25) is 0 Å². The molecule has 0 amide bonds. The summed E-state index contributed by atoms with van der Waals surface area (Å²) >= 11 is 0. The molecule has 6 heteroatoms. The monoisotopic (exact) mass is 260 g/mol. The second-order valence-electron chi connectivity index (χ2n) is 5.99. The van der Waals surface area contributed by atoms with Gasteiger partial charge in [-0.3, -0.25) is 0 Å². The van der Waals surface area contributed by atoms with Crippen molar-refractivity contribution < 1.29 is 28.8 Å². The highest BCUT2D eigenvalue weighted by atomic mass is 16.9. The van der Waals surface area contributed by atoms with E-state index in [-0.39, 0.29) is 12.7 Å². The smallest absolute Gasteiger partial charge is 0.195 e. The van der Waals surface area contributed by atoms with Gasteiger partial charge in [-0.15, -0.1) is 0 Å². The van der Waals surface area contributed by atoms with Gasteiger partial charge in [-0.2, -0.15) is 0 Å². The highest BCUT2D eigenvalue weighted by molar-refractivity contribution is 5.07. The third-order valence-corrected chi connectivity index (χ3v) is 3.55. The molecule has 0 aliphatic carbocycles. The van der Waals surface area contributed by atoms with Crippen LogP contribution in [0.2, 0.25) is 0 Å². The van der Waals surface area contributed by atoms with Crippen molar-refractivity contribution in [2.45, 2.75) is 63.4 Å². The number of hydrogen-bond acceptors (Lipinski definition) is 6. The Balaban J connectivity index is 1.95. The van der Waals surface area contributed by atoms with E-state index in [1.807, 2.05) is 13.8 Å². The number of fused-ring (bicyclic) bond motifs is 3. The summed E-state index contributed by atoms with van der Waals surface area (Å²) in [6, 6.07) is 0. The SMILES string of the molecule is CC1(C)O[C@@H]2[C@@H](CO[C@H]3OC(C)(C)O[C@@]32CO)O1. The van der Waals surface area contributed by atoms with Gasteiger partial charge in [0, 0.05) is 0 Å². The van der Waals surface area contributed by atoms with Crippen LogP contribution in [-0.2, 0) is 23.7 Å². The van der Waals surface area contributed by atoms with Crippen molar-refractivity contribution in [1.29, 1.82) is 0 Å². The lowest BCUT2D eigenvalue weighted by molar-refractivity contribution is -0.241. The number of ether oxygens (including phenoxy) is 5. The molecule has 6 nitrogen and oxygen atoms in total. The molecule has 3 aliphatic rings. The predicted molar refractivity (Wildman–Crippen MR) is 59.6 cm³/mol. The fourth-order valence-electron chi connectivity index (χ4n) is 3.01. The van der Waals surface area contributed by atoms with Crippen molar-refractivity contribution >= 4 is 0 Å². The maximum atomic E-state index is 9.78. The van der Waals surface area contributed by atoms with E-state index in [9.17, 15) is 5.11 Å². The van der Waals surface area contributed by atoms with Crippen LogP contribution in [0.3, 0.4) is 0 Å². The van der Waals surface area contributed by atoms with Crippen molar-refractivity contribution in [2.75, 3.05) is 13.2 Å². The zero-order chi connectivity index (χ0) is 13.2. The fourth-order valence-corrected chi connectivity index (χ4v) is 3.01. The molecule has 0 bridgehead atoms. The van der Waals surface area contributed by atoms with Crippen LogP contribution < -0.4 is 0 Å². The average molecular weight is 260 g/mol. The Bertz CT molecular complexity index is 354. The molecule has 1 N–H and O–H groups in total. The molecule has 0 saturated carbocycles. The first kappa shape index (κ1) is 12.8. The van der Waals surface area contributed by atoms with Crippen molar-refractivity contribution in [3.8, 4) is 0 Å². The maximum Gasteiger partial charge on any atom is 0.195 e. The summed E-state index contributed by atoms with van der Waals surface area (Å²) in [4.78, 5) is 0. The number of aliphatic hydroxyl groups excluding tert-OH is 1. The topological polar surface area (TPSA) is 66.4 Å². The van der Waals surface area contributed by atoms with Crippen molar-refractivity contribution in [1.82, 2.24) is 0 Å². The Labute approximate surface area is 106 Å². The normalized spacial score (nSPS) is 48.8. The third kappa shape index (κ3) is 1.71. The Morgan fingerprint density at radius 1 is 1.06 bits per heavy atom. The number of hydrogen-bond donors (Lipinski definition) is 1. The lowest BCUT2D eigenvalue weighted by Crippen LogP contribution is -2.62. The van der Waals surface area contributed by atoms with E-state index in [0.29, 0.717) is 6.61 Å². The van der Waals surface area contributed by atoms with E-state index in [0.717, 1.165) is 0 Å². The molecular weight excluding hydrogens is 240 g/mol. The molecule has 3 saturated heterocycles. The van der Waals surface area contributed by atoms with Gasteiger partial charge in [-0.05, 0) is 27.7 Å². The van der Waals surface area contributed by atoms with Gasteiger partial charge in [-0.1, -0.05) is 0 Å². The van der Waals surface area contributed by atoms with Gasteiger partial charge in [0.1, 0.15) is 12.2 Å². The minimum absolute atomic E-state index is 0.234. The first-order chi connectivity index (χ1) is 8.28. The van der Waals surface area contributed by atoms with E-state index in [4.69, 9.17) is 23.7 Å². The summed E-state index contributed by atoms with van der Waals surface area (Å²) in [5.41, 5.74) is -1.01. The average Bonchev–Trinajstić information content (AvgIpc) is 2.70. The molecule has 104 valence electrons. The lowest BCUT2D eigenvalue weighted by Gasteiger charge is -2.41. The quantitative estimate of drug-likeness (QED) is 0.735. The third-order valence-electron chi connectivity index (χ3n) is 3.55. The molecule has 0 unspecified atom stereocenters. The molecule has 3 heterocycles. The first-order valence-corrected chi connectivity index (χ1v) is 6.24. The van der Waals surface area contributed by atoms with E-state index < -0.39 is 29.6 Å². The van der Waals surface area contributed by atoms with E-state index in [1.54, 1.807) is 13.8 Å². The molecule has 0 aromatic rings. The molecule has 18 heavy (non-hydrogen) atoms. The Kier molecular flexibility index (Phi) is 2.59. The van der Waals surface area contributed by atoms with Gasteiger partial charge >= 0.3 is 0 Å². The van der Waals surface area contributed by atoms with Crippen molar-refractivity contribution in [2.24, 2.45) is 0 Å². The minimum Gasteiger partial charge on any atom is -0.393 e. The molecule has 3 fully saturated rings. The predicted octanol–water partition coefficient (Wildman–Crippen LogP) is 0.377. The fraction of sp³-hybridized carbons (Fsp3) is 1.00. The zero-order valence-electron chi connectivity index (χ0n) is 11.1. The molecule has 3 aliphatic heterocycles. The zero-order valence-corrected chi connectivity index (χ0v) is 11.1. The van der Waals surface area contributed by atoms with Crippen LogP contribution in [0.15, 0.2) is 0 Å². The maximum absolute atomic E-state index is 9.78. The van der Waals surface area contributed by atoms with Crippen molar-refractivity contribution in [3.05, 3.63) is 0 Å². The van der Waals surface area contributed by atoms with Crippen molar-refractivity contribution in [3.63, 3.8) is 0 Å². The van der Waals surface area contributed by atoms with Crippen LogP contribution in [0.4, 0.5) is 0 Å². The Morgan fingerprint density at radius 2 is 1.78 bits per heavy atom. The van der Waals surface area contributed by atoms with Crippen LogP contribution in [0.25, 0.3) is 0 Å². The van der Waals surface area contributed by atoms with Gasteiger partial charge in [0.15, 0.2) is 23.5 Å². The highest BCUT2D eigenvalue weighted by Gasteiger charge is 2.67. The molecular formula is C12H20O6. The first-order valence-electron chi connectivity index (χ1n) is 6.24. The number of rotatable bonds is 1. The minimum atomic E-state index is -1.01. The molecule has 0 aromatic heterocycles. The molecule has 3 rings (SSSR count). The van der Waals surface area contributed by atoms with Crippen LogP contribution in [-0.4, -0.2) is 54.0 Å². The number of aliphatic hydroxyl groups is 1. The second kappa shape index (κ2) is 3.65. The molecule has 0 radical (unpaired) electrons. The van der Waals surface area contributed by atoms with E-state index >= 15 is 0 Å². The van der Waals surface area contributed by atoms with Gasteiger partial charge in [0.05, 0.1) is 13.2 Å². The molecule has 0 spiro atoms. The Hall–Kier alpha value is -0.240. The van der Waals surface area contributed by atoms with E-state index in [1.165, 1.54) is 0 Å². The van der Waals surface area contributed by atoms with Crippen LogP contribution in [0.5, 0.6) is 0 Å². The van der Waals surface area contributed by atoms with Crippen LogP contribution >= 0.6 is 0 Å². The standard InChI is InChI=1S/C12H20O6/c1-10(2)15-7-5-14-9-12(6-13,8(7)16-10)18-11(3,4)17-9/h7-9,13H,5-6H2,1-4H3/t7-,8-,9+,12-/m1/s1.